The summed E-state index contributed by atoms with van der Waals surface area (Å²) in [6.45, 7) is 3.95. The lowest BCUT2D eigenvalue weighted by molar-refractivity contribution is 0.0618. The molecule has 0 atom stereocenters. The highest BCUT2D eigenvalue weighted by Crippen LogP contribution is 2.35. The average Bonchev–Trinajstić information content (AvgIpc) is 2.33. The summed E-state index contributed by atoms with van der Waals surface area (Å²) in [7, 11) is 0. The van der Waals surface area contributed by atoms with Crippen molar-refractivity contribution in [3.05, 3.63) is 34.3 Å². The van der Waals surface area contributed by atoms with Crippen LogP contribution < -0.4 is 9.47 Å². The summed E-state index contributed by atoms with van der Waals surface area (Å²) in [4.78, 5) is 12.0. The highest BCUT2D eigenvalue weighted by molar-refractivity contribution is 6.36. The molecule has 0 radical (unpaired) electrons. The van der Waals surface area contributed by atoms with Gasteiger partial charge in [0, 0.05) is 11.6 Å². The van der Waals surface area contributed by atoms with Gasteiger partial charge >= 0.3 is 0 Å². The van der Waals surface area contributed by atoms with Gasteiger partial charge in [-0.1, -0.05) is 23.2 Å². The van der Waals surface area contributed by atoms with Crippen LogP contribution in [0.25, 0.3) is 0 Å². The Kier molecular flexibility index (Phi) is 4.07. The van der Waals surface area contributed by atoms with E-state index in [9.17, 15) is 4.79 Å². The molecule has 19 heavy (non-hydrogen) atoms. The molecule has 0 aliphatic carbocycles. The molecule has 0 unspecified atom stereocenters. The Balaban J connectivity index is 2.21. The van der Waals surface area contributed by atoms with Crippen LogP contribution in [0.1, 0.15) is 30.6 Å². The number of Topliss-reactive ketones (excluding diaryl/α,β-unsaturated/α-hetero) is 1. The summed E-state index contributed by atoms with van der Waals surface area (Å²) in [6, 6.07) is 5.13. The van der Waals surface area contributed by atoms with Gasteiger partial charge in [0.1, 0.15) is 23.7 Å². The normalized spacial score (nSPS) is 17.7. The van der Waals surface area contributed by atoms with Gasteiger partial charge in [-0.2, -0.15) is 0 Å². The molecular weight excluding hydrogens is 287 g/mol. The minimum atomic E-state index is -0.490. The van der Waals surface area contributed by atoms with Gasteiger partial charge in [0.2, 0.25) is 0 Å². The molecule has 2 rings (SSSR count). The SMILES string of the molecule is CC1(C)CC(=O)c2ccc(OCC(Cl)=CCl)cc2O1. The minimum Gasteiger partial charge on any atom is -0.488 e. The minimum absolute atomic E-state index is 0.0801. The van der Waals surface area contributed by atoms with E-state index in [1.54, 1.807) is 18.2 Å². The molecule has 5 heteroatoms. The van der Waals surface area contributed by atoms with E-state index < -0.39 is 5.60 Å². The fraction of sp³-hybridized carbons (Fsp3) is 0.357. The maximum atomic E-state index is 12.0. The van der Waals surface area contributed by atoms with E-state index in [4.69, 9.17) is 32.7 Å². The molecule has 0 saturated heterocycles. The molecule has 1 aliphatic heterocycles. The smallest absolute Gasteiger partial charge is 0.170 e. The van der Waals surface area contributed by atoms with E-state index in [0.29, 0.717) is 28.5 Å². The Bertz CT molecular complexity index is 535. The van der Waals surface area contributed by atoms with E-state index in [1.807, 2.05) is 13.8 Å². The topological polar surface area (TPSA) is 35.5 Å². The Morgan fingerprint density at radius 2 is 2.26 bits per heavy atom. The summed E-state index contributed by atoms with van der Waals surface area (Å²) in [5.74, 6) is 1.21. The first-order valence-electron chi connectivity index (χ1n) is 5.85. The molecule has 1 heterocycles. The van der Waals surface area contributed by atoms with E-state index in [0.717, 1.165) is 0 Å². The molecule has 0 N–H and O–H groups in total. The van der Waals surface area contributed by atoms with Crippen LogP contribution in [0.3, 0.4) is 0 Å². The average molecular weight is 301 g/mol. The number of rotatable bonds is 3. The van der Waals surface area contributed by atoms with E-state index in [-0.39, 0.29) is 12.4 Å². The summed E-state index contributed by atoms with van der Waals surface area (Å²) in [5, 5.41) is 0.400. The highest BCUT2D eigenvalue weighted by atomic mass is 35.5. The largest absolute Gasteiger partial charge is 0.488 e. The van der Waals surface area contributed by atoms with Gasteiger partial charge in [0.05, 0.1) is 17.0 Å². The second-order valence-corrected chi connectivity index (χ2v) is 5.67. The quantitative estimate of drug-likeness (QED) is 0.842. The van der Waals surface area contributed by atoms with Crippen molar-refractivity contribution in [3.8, 4) is 11.5 Å². The molecule has 1 aromatic rings. The van der Waals surface area contributed by atoms with Crippen LogP contribution in [0.2, 0.25) is 0 Å². The van der Waals surface area contributed by atoms with Gasteiger partial charge in [-0.15, -0.1) is 0 Å². The van der Waals surface area contributed by atoms with Crippen LogP contribution in [-0.2, 0) is 0 Å². The van der Waals surface area contributed by atoms with Crippen molar-refractivity contribution in [1.82, 2.24) is 0 Å². The Hall–Kier alpha value is -1.19. The molecule has 1 aromatic carbocycles. The first-order chi connectivity index (χ1) is 8.91. The zero-order chi connectivity index (χ0) is 14.0. The van der Waals surface area contributed by atoms with Crippen molar-refractivity contribution in [1.29, 1.82) is 0 Å². The zero-order valence-electron chi connectivity index (χ0n) is 10.7. The van der Waals surface area contributed by atoms with Crippen molar-refractivity contribution in [2.24, 2.45) is 0 Å². The van der Waals surface area contributed by atoms with Crippen molar-refractivity contribution in [3.63, 3.8) is 0 Å². The molecule has 3 nitrogen and oxygen atoms in total. The van der Waals surface area contributed by atoms with Crippen LogP contribution in [-0.4, -0.2) is 18.0 Å². The number of halogens is 2. The first kappa shape index (κ1) is 14.2. The molecule has 0 spiro atoms. The Morgan fingerprint density at radius 3 is 2.95 bits per heavy atom. The van der Waals surface area contributed by atoms with E-state index in [2.05, 4.69) is 0 Å². The van der Waals surface area contributed by atoms with Crippen molar-refractivity contribution < 1.29 is 14.3 Å². The van der Waals surface area contributed by atoms with E-state index >= 15 is 0 Å². The second-order valence-electron chi connectivity index (χ2n) is 4.96. The van der Waals surface area contributed by atoms with Crippen LogP contribution >= 0.6 is 23.2 Å². The predicted octanol–water partition coefficient (Wildman–Crippen LogP) is 4.13. The molecule has 0 fully saturated rings. The lowest BCUT2D eigenvalue weighted by Crippen LogP contribution is -2.35. The molecule has 0 aromatic heterocycles. The number of benzene rings is 1. The number of fused-ring (bicyclic) bond motifs is 1. The molecule has 1 aliphatic rings. The fourth-order valence-corrected chi connectivity index (χ4v) is 2.02. The fourth-order valence-electron chi connectivity index (χ4n) is 1.91. The Labute approximate surface area is 122 Å². The maximum absolute atomic E-state index is 12.0. The third kappa shape index (κ3) is 3.43. The number of ketones is 1. The number of ether oxygens (including phenoxy) is 2. The van der Waals surface area contributed by atoms with Gasteiger partial charge in [-0.05, 0) is 26.0 Å². The van der Waals surface area contributed by atoms with Gasteiger partial charge in [0.15, 0.2) is 5.78 Å². The van der Waals surface area contributed by atoms with Crippen molar-refractivity contribution in [2.75, 3.05) is 6.61 Å². The van der Waals surface area contributed by atoms with Gasteiger partial charge in [-0.25, -0.2) is 0 Å². The standard InChI is InChI=1S/C14H14Cl2O3/c1-14(2)6-12(17)11-4-3-10(5-13(11)19-14)18-8-9(16)7-15/h3-5,7H,6,8H2,1-2H3. The van der Waals surface area contributed by atoms with Gasteiger partial charge < -0.3 is 9.47 Å². The summed E-state index contributed by atoms with van der Waals surface area (Å²) >= 11 is 11.2. The monoisotopic (exact) mass is 300 g/mol. The van der Waals surface area contributed by atoms with Crippen LogP contribution in [0, 0.1) is 0 Å². The van der Waals surface area contributed by atoms with E-state index in [1.165, 1.54) is 5.54 Å². The number of hydrogen-bond donors (Lipinski definition) is 0. The molecule has 0 bridgehead atoms. The number of hydrogen-bond acceptors (Lipinski definition) is 3. The van der Waals surface area contributed by atoms with Gasteiger partial charge in [0.25, 0.3) is 0 Å². The molecule has 0 amide bonds. The van der Waals surface area contributed by atoms with Crippen LogP contribution in [0.5, 0.6) is 11.5 Å². The molecule has 102 valence electrons. The molecular formula is C14H14Cl2O3. The Morgan fingerprint density at radius 1 is 1.53 bits per heavy atom. The lowest BCUT2D eigenvalue weighted by Gasteiger charge is -2.31. The number of carbonyl (C=O) groups is 1. The van der Waals surface area contributed by atoms with Gasteiger partial charge in [-0.3, -0.25) is 4.79 Å². The van der Waals surface area contributed by atoms with Crippen molar-refractivity contribution >= 4 is 29.0 Å². The van der Waals surface area contributed by atoms with Crippen molar-refractivity contribution in [2.45, 2.75) is 25.9 Å². The first-order valence-corrected chi connectivity index (χ1v) is 6.66. The molecule has 0 saturated carbocycles. The van der Waals surface area contributed by atoms with Crippen LogP contribution in [0.15, 0.2) is 28.8 Å². The third-order valence-corrected chi connectivity index (χ3v) is 3.31. The summed E-state index contributed by atoms with van der Waals surface area (Å²) in [5.41, 5.74) is 1.35. The predicted molar refractivity (Wildman–Crippen MR) is 75.4 cm³/mol. The maximum Gasteiger partial charge on any atom is 0.170 e. The van der Waals surface area contributed by atoms with Crippen LogP contribution in [0.4, 0.5) is 0 Å². The highest BCUT2D eigenvalue weighted by Gasteiger charge is 2.32. The number of carbonyl (C=O) groups excluding carboxylic acids is 1. The third-order valence-electron chi connectivity index (χ3n) is 2.72. The summed E-state index contributed by atoms with van der Waals surface area (Å²) < 4.78 is 11.2. The lowest BCUT2D eigenvalue weighted by atomic mass is 9.93. The summed E-state index contributed by atoms with van der Waals surface area (Å²) in [6.07, 6.45) is 0.376. The second kappa shape index (κ2) is 5.43. The zero-order valence-corrected chi connectivity index (χ0v) is 12.2.